The van der Waals surface area contributed by atoms with Gasteiger partial charge in [-0.05, 0) is 26.2 Å². The molecule has 2 aromatic heterocycles. The van der Waals surface area contributed by atoms with E-state index < -0.39 is 5.69 Å². The summed E-state index contributed by atoms with van der Waals surface area (Å²) in [6.07, 6.45) is 5.11. The summed E-state index contributed by atoms with van der Waals surface area (Å²) in [6.45, 7) is 3.27. The average Bonchev–Trinajstić information content (AvgIpc) is 3.00. The lowest BCUT2D eigenvalue weighted by Gasteiger charge is -2.33. The molecule has 1 aliphatic rings. The van der Waals surface area contributed by atoms with E-state index in [2.05, 4.69) is 11.9 Å². The van der Waals surface area contributed by atoms with Gasteiger partial charge >= 0.3 is 5.69 Å². The Morgan fingerprint density at radius 3 is 2.71 bits per heavy atom. The van der Waals surface area contributed by atoms with Gasteiger partial charge in [0.15, 0.2) is 11.2 Å². The summed E-state index contributed by atoms with van der Waals surface area (Å²) in [7, 11) is 3.03. The van der Waals surface area contributed by atoms with Gasteiger partial charge in [0.25, 0.3) is 5.56 Å². The Morgan fingerprint density at radius 2 is 2.00 bits per heavy atom. The first-order valence-corrected chi connectivity index (χ1v) is 8.32. The minimum atomic E-state index is -0.407. The third-order valence-electron chi connectivity index (χ3n) is 4.91. The van der Waals surface area contributed by atoms with Crippen LogP contribution in [0.2, 0.25) is 0 Å². The lowest BCUT2D eigenvalue weighted by atomic mass is 10.0. The van der Waals surface area contributed by atoms with E-state index in [-0.39, 0.29) is 17.5 Å². The molecule has 0 spiro atoms. The number of hydrogen-bond acceptors (Lipinski definition) is 4. The summed E-state index contributed by atoms with van der Waals surface area (Å²) < 4.78 is 4.08. The van der Waals surface area contributed by atoms with Crippen LogP contribution in [0.1, 0.15) is 32.6 Å². The van der Waals surface area contributed by atoms with Crippen molar-refractivity contribution in [1.29, 1.82) is 0 Å². The summed E-state index contributed by atoms with van der Waals surface area (Å²) in [5.41, 5.74) is -0.0821. The highest BCUT2D eigenvalue weighted by Crippen LogP contribution is 2.17. The van der Waals surface area contributed by atoms with Crippen molar-refractivity contribution in [2.24, 2.45) is 14.1 Å². The van der Waals surface area contributed by atoms with E-state index in [9.17, 15) is 14.4 Å². The maximum Gasteiger partial charge on any atom is 0.332 e. The Morgan fingerprint density at radius 1 is 1.25 bits per heavy atom. The van der Waals surface area contributed by atoms with E-state index in [4.69, 9.17) is 0 Å². The van der Waals surface area contributed by atoms with Gasteiger partial charge < -0.3 is 9.47 Å². The Hall–Kier alpha value is -2.38. The van der Waals surface area contributed by atoms with Crippen LogP contribution in [-0.4, -0.2) is 42.1 Å². The van der Waals surface area contributed by atoms with Gasteiger partial charge in [0, 0.05) is 39.6 Å². The zero-order valence-electron chi connectivity index (χ0n) is 14.4. The highest BCUT2D eigenvalue weighted by Gasteiger charge is 2.23. The smallest absolute Gasteiger partial charge is 0.332 e. The highest BCUT2D eigenvalue weighted by molar-refractivity contribution is 5.77. The maximum atomic E-state index is 12.5. The summed E-state index contributed by atoms with van der Waals surface area (Å²) >= 11 is 0. The van der Waals surface area contributed by atoms with E-state index >= 15 is 0 Å². The molecule has 24 heavy (non-hydrogen) atoms. The van der Waals surface area contributed by atoms with Crippen molar-refractivity contribution in [3.05, 3.63) is 27.2 Å². The van der Waals surface area contributed by atoms with Crippen LogP contribution in [-0.2, 0) is 25.4 Å². The van der Waals surface area contributed by atoms with Gasteiger partial charge in [-0.15, -0.1) is 0 Å². The molecule has 2 aromatic rings. The number of fused-ring (bicyclic) bond motifs is 1. The number of likely N-dealkylation sites (tertiary alicyclic amines) is 1. The maximum absolute atomic E-state index is 12.5. The quantitative estimate of drug-likeness (QED) is 0.805. The van der Waals surface area contributed by atoms with E-state index in [1.165, 1.54) is 24.4 Å². The average molecular weight is 333 g/mol. The second-order valence-corrected chi connectivity index (χ2v) is 6.50. The Bertz CT molecular complexity index is 891. The topological polar surface area (TPSA) is 82.1 Å². The van der Waals surface area contributed by atoms with Gasteiger partial charge in [-0.25, -0.2) is 9.78 Å². The molecular formula is C16H23N5O3. The molecule has 0 N–H and O–H groups in total. The van der Waals surface area contributed by atoms with Crippen molar-refractivity contribution in [2.75, 3.05) is 6.54 Å². The number of aromatic nitrogens is 4. The number of amides is 1. The van der Waals surface area contributed by atoms with E-state index in [1.807, 2.05) is 4.90 Å². The molecule has 1 atom stereocenters. The van der Waals surface area contributed by atoms with Gasteiger partial charge in [-0.2, -0.15) is 0 Å². The predicted molar refractivity (Wildman–Crippen MR) is 89.9 cm³/mol. The molecule has 3 rings (SSSR count). The standard InChI is InChI=1S/C16H23N5O3/c1-11-6-4-5-8-21(11)12(22)7-9-20-10-17-14-13(20)15(23)19(3)16(24)18(14)2/h10-11H,4-9H2,1-3H3/t11-/m0/s1. The van der Waals surface area contributed by atoms with Crippen molar-refractivity contribution in [2.45, 2.75) is 45.2 Å². The Kier molecular flexibility index (Phi) is 4.29. The first kappa shape index (κ1) is 16.5. The van der Waals surface area contributed by atoms with Gasteiger partial charge in [0.1, 0.15) is 0 Å². The largest absolute Gasteiger partial charge is 0.340 e. The minimum Gasteiger partial charge on any atom is -0.340 e. The summed E-state index contributed by atoms with van der Waals surface area (Å²) in [5.74, 6) is 0.102. The van der Waals surface area contributed by atoms with Crippen molar-refractivity contribution in [3.8, 4) is 0 Å². The van der Waals surface area contributed by atoms with Crippen LogP contribution in [0.5, 0.6) is 0 Å². The third kappa shape index (κ3) is 2.65. The number of nitrogens with zero attached hydrogens (tertiary/aromatic N) is 5. The van der Waals surface area contributed by atoms with Crippen LogP contribution in [0.3, 0.4) is 0 Å². The van der Waals surface area contributed by atoms with Gasteiger partial charge in [-0.3, -0.25) is 18.7 Å². The molecule has 3 heterocycles. The minimum absolute atomic E-state index is 0.102. The first-order chi connectivity index (χ1) is 11.4. The third-order valence-corrected chi connectivity index (χ3v) is 4.91. The summed E-state index contributed by atoms with van der Waals surface area (Å²) in [6, 6.07) is 0.277. The van der Waals surface area contributed by atoms with E-state index in [1.54, 1.807) is 11.6 Å². The van der Waals surface area contributed by atoms with Crippen LogP contribution in [0.4, 0.5) is 0 Å². The molecule has 0 bridgehead atoms. The highest BCUT2D eigenvalue weighted by atomic mass is 16.2. The van der Waals surface area contributed by atoms with Gasteiger partial charge in [0.05, 0.1) is 6.33 Å². The lowest BCUT2D eigenvalue weighted by Crippen LogP contribution is -2.42. The normalized spacial score (nSPS) is 18.3. The number of imidazole rings is 1. The number of piperidine rings is 1. The molecule has 0 unspecified atom stereocenters. The monoisotopic (exact) mass is 333 g/mol. The van der Waals surface area contributed by atoms with Gasteiger partial charge in [-0.1, -0.05) is 0 Å². The predicted octanol–water partition coefficient (Wildman–Crippen LogP) is 0.225. The van der Waals surface area contributed by atoms with Crippen molar-refractivity contribution in [1.82, 2.24) is 23.6 Å². The number of carbonyl (C=O) groups is 1. The fraction of sp³-hybridized carbons (Fsp3) is 0.625. The van der Waals surface area contributed by atoms with Crippen LogP contribution < -0.4 is 11.2 Å². The summed E-state index contributed by atoms with van der Waals surface area (Å²) in [5, 5.41) is 0. The van der Waals surface area contributed by atoms with Crippen LogP contribution in [0.15, 0.2) is 15.9 Å². The molecular weight excluding hydrogens is 310 g/mol. The molecule has 0 aromatic carbocycles. The fourth-order valence-electron chi connectivity index (χ4n) is 3.39. The molecule has 130 valence electrons. The summed E-state index contributed by atoms with van der Waals surface area (Å²) in [4.78, 5) is 42.9. The van der Waals surface area contributed by atoms with Crippen LogP contribution >= 0.6 is 0 Å². The van der Waals surface area contributed by atoms with Crippen LogP contribution in [0.25, 0.3) is 11.2 Å². The SMILES string of the molecule is C[C@H]1CCCCN1C(=O)CCn1cnc2c1c(=O)n(C)c(=O)n2C. The number of rotatable bonds is 3. The zero-order valence-corrected chi connectivity index (χ0v) is 14.4. The number of aryl methyl sites for hydroxylation is 2. The molecule has 8 heteroatoms. The molecule has 1 aliphatic heterocycles. The second-order valence-electron chi connectivity index (χ2n) is 6.50. The first-order valence-electron chi connectivity index (χ1n) is 8.32. The molecule has 0 saturated carbocycles. The molecule has 1 saturated heterocycles. The van der Waals surface area contributed by atoms with Crippen molar-refractivity contribution >= 4 is 17.1 Å². The molecule has 1 fully saturated rings. The van der Waals surface area contributed by atoms with E-state index in [0.29, 0.717) is 24.1 Å². The Labute approximate surface area is 139 Å². The van der Waals surface area contributed by atoms with Crippen LogP contribution in [0, 0.1) is 0 Å². The van der Waals surface area contributed by atoms with Gasteiger partial charge in [0.2, 0.25) is 5.91 Å². The number of hydrogen-bond donors (Lipinski definition) is 0. The van der Waals surface area contributed by atoms with E-state index in [0.717, 1.165) is 24.0 Å². The second kappa shape index (κ2) is 6.26. The molecule has 8 nitrogen and oxygen atoms in total. The van der Waals surface area contributed by atoms with Crippen molar-refractivity contribution < 1.29 is 4.79 Å². The zero-order chi connectivity index (χ0) is 17.4. The Balaban J connectivity index is 1.85. The van der Waals surface area contributed by atoms with Crippen molar-refractivity contribution in [3.63, 3.8) is 0 Å². The molecule has 0 radical (unpaired) electrons. The fourth-order valence-corrected chi connectivity index (χ4v) is 3.39. The lowest BCUT2D eigenvalue weighted by molar-refractivity contribution is -0.134. The molecule has 1 amide bonds. The number of carbonyl (C=O) groups excluding carboxylic acids is 1. The molecule has 0 aliphatic carbocycles.